The van der Waals surface area contributed by atoms with E-state index in [9.17, 15) is 14.7 Å². The molecule has 1 saturated carbocycles. The third kappa shape index (κ3) is 3.33. The number of fused-ring (bicyclic) bond motifs is 1. The summed E-state index contributed by atoms with van der Waals surface area (Å²) in [6.07, 6.45) is 15.7. The lowest BCUT2D eigenvalue weighted by molar-refractivity contribution is -0.0294. The maximum absolute atomic E-state index is 12.8. The Hall–Kier alpha value is -2.67. The smallest absolute Gasteiger partial charge is 0.315 e. The second-order valence-corrected chi connectivity index (χ2v) is 8.12. The number of hydrogen-bond donors (Lipinski definition) is 1. The Morgan fingerprint density at radius 3 is 2.72 bits per heavy atom. The van der Waals surface area contributed by atoms with Crippen LogP contribution in [-0.2, 0) is 17.7 Å². The fraction of sp³-hybridized carbons (Fsp3) is 0.500. The van der Waals surface area contributed by atoms with Crippen molar-refractivity contribution in [2.75, 3.05) is 14.2 Å². The van der Waals surface area contributed by atoms with Crippen LogP contribution in [0.25, 0.3) is 0 Å². The Morgan fingerprint density at radius 1 is 1.24 bits per heavy atom. The predicted molar refractivity (Wildman–Crippen MR) is 109 cm³/mol. The van der Waals surface area contributed by atoms with Crippen LogP contribution in [-0.4, -0.2) is 45.9 Å². The first-order valence-corrected chi connectivity index (χ1v) is 10.1. The molecule has 2 heterocycles. The third-order valence-corrected chi connectivity index (χ3v) is 6.54. The summed E-state index contributed by atoms with van der Waals surface area (Å²) < 4.78 is 7.14. The first-order valence-electron chi connectivity index (χ1n) is 10.1. The lowest BCUT2D eigenvalue weighted by Gasteiger charge is -2.37. The number of carbonyl (C=O) groups excluding carboxylic acids is 1. The van der Waals surface area contributed by atoms with Gasteiger partial charge in [-0.15, -0.1) is 0 Å². The number of rotatable bonds is 4. The van der Waals surface area contributed by atoms with Gasteiger partial charge in [0.25, 0.3) is 5.91 Å². The maximum Gasteiger partial charge on any atom is 0.315 e. The molecule has 1 aromatic heterocycles. The summed E-state index contributed by atoms with van der Waals surface area (Å²) in [5.74, 6) is -0.465. The van der Waals surface area contributed by atoms with Crippen molar-refractivity contribution in [2.45, 2.75) is 51.3 Å². The van der Waals surface area contributed by atoms with E-state index in [4.69, 9.17) is 4.74 Å². The lowest BCUT2D eigenvalue weighted by Crippen LogP contribution is -2.49. The van der Waals surface area contributed by atoms with Gasteiger partial charge in [-0.2, -0.15) is 4.98 Å². The molecule has 1 N–H and O–H groups in total. The molecule has 7 nitrogen and oxygen atoms in total. The highest BCUT2D eigenvalue weighted by Gasteiger charge is 2.41. The Labute approximate surface area is 170 Å². The van der Waals surface area contributed by atoms with Crippen LogP contribution >= 0.6 is 0 Å². The summed E-state index contributed by atoms with van der Waals surface area (Å²) >= 11 is 0. The summed E-state index contributed by atoms with van der Waals surface area (Å²) in [6, 6.07) is 0. The van der Waals surface area contributed by atoms with Gasteiger partial charge in [0, 0.05) is 20.6 Å². The third-order valence-electron chi connectivity index (χ3n) is 6.54. The van der Waals surface area contributed by atoms with E-state index in [0.717, 1.165) is 32.1 Å². The van der Waals surface area contributed by atoms with Crippen molar-refractivity contribution in [3.63, 3.8) is 0 Å². The second kappa shape index (κ2) is 7.63. The number of methoxy groups -OCH3 is 1. The topological polar surface area (TPSA) is 84.7 Å². The van der Waals surface area contributed by atoms with Crippen LogP contribution in [0.15, 0.2) is 40.7 Å². The number of likely N-dealkylation sites (N-methyl/N-ethyl adjacent to an activating group) is 1. The quantitative estimate of drug-likeness (QED) is 0.844. The van der Waals surface area contributed by atoms with Crippen molar-refractivity contribution in [1.29, 1.82) is 0 Å². The zero-order valence-electron chi connectivity index (χ0n) is 16.9. The molecule has 0 saturated heterocycles. The average Bonchev–Trinajstić information content (AvgIpc) is 3.01. The van der Waals surface area contributed by atoms with Crippen LogP contribution in [0, 0.1) is 5.41 Å². The highest BCUT2D eigenvalue weighted by molar-refractivity contribution is 5.95. The SMILES string of the molecule is COC1Cn2c(CC3(C4=CC=CC=CC4)CCCC3)nc(=O)c(O)c2C(=O)N1C. The van der Waals surface area contributed by atoms with Gasteiger partial charge in [0.15, 0.2) is 5.69 Å². The molecule has 1 aromatic rings. The monoisotopic (exact) mass is 397 g/mol. The van der Waals surface area contributed by atoms with Crippen LogP contribution in [0.5, 0.6) is 5.75 Å². The van der Waals surface area contributed by atoms with E-state index in [-0.39, 0.29) is 11.1 Å². The van der Waals surface area contributed by atoms with Crippen LogP contribution in [0.3, 0.4) is 0 Å². The molecule has 1 unspecified atom stereocenters. The van der Waals surface area contributed by atoms with Gasteiger partial charge in [0.2, 0.25) is 5.75 Å². The molecule has 2 aliphatic carbocycles. The molecule has 3 aliphatic rings. The molecule has 4 rings (SSSR count). The minimum atomic E-state index is -0.744. The Balaban J connectivity index is 1.81. The van der Waals surface area contributed by atoms with E-state index in [1.54, 1.807) is 18.7 Å². The minimum absolute atomic E-state index is 0.0126. The summed E-state index contributed by atoms with van der Waals surface area (Å²) in [5.41, 5.74) is 0.509. The molecule has 1 amide bonds. The molecule has 0 radical (unpaired) electrons. The molecule has 154 valence electrons. The van der Waals surface area contributed by atoms with Crippen molar-refractivity contribution < 1.29 is 14.6 Å². The highest BCUT2D eigenvalue weighted by Crippen LogP contribution is 2.48. The molecule has 1 fully saturated rings. The van der Waals surface area contributed by atoms with E-state index in [0.29, 0.717) is 18.8 Å². The summed E-state index contributed by atoms with van der Waals surface area (Å²) in [4.78, 5) is 30.9. The Bertz CT molecular complexity index is 967. The number of allylic oxidation sites excluding steroid dienone is 6. The van der Waals surface area contributed by atoms with Gasteiger partial charge in [-0.05, 0) is 24.7 Å². The Kier molecular flexibility index (Phi) is 5.17. The van der Waals surface area contributed by atoms with Gasteiger partial charge in [-0.1, -0.05) is 48.8 Å². The molecule has 0 aromatic carbocycles. The second-order valence-electron chi connectivity index (χ2n) is 8.12. The summed E-state index contributed by atoms with van der Waals surface area (Å²) in [7, 11) is 3.15. The van der Waals surface area contributed by atoms with Crippen LogP contribution in [0.4, 0.5) is 0 Å². The molecular weight excluding hydrogens is 370 g/mol. The molecular formula is C22H27N3O4. The molecule has 1 atom stereocenters. The van der Waals surface area contributed by atoms with Gasteiger partial charge in [0.1, 0.15) is 12.1 Å². The van der Waals surface area contributed by atoms with Gasteiger partial charge in [-0.3, -0.25) is 9.59 Å². The lowest BCUT2D eigenvalue weighted by atomic mass is 9.73. The molecule has 7 heteroatoms. The molecule has 29 heavy (non-hydrogen) atoms. The van der Waals surface area contributed by atoms with E-state index in [1.807, 2.05) is 6.08 Å². The van der Waals surface area contributed by atoms with Gasteiger partial charge in [0.05, 0.1) is 6.54 Å². The number of hydrogen-bond acceptors (Lipinski definition) is 5. The van der Waals surface area contributed by atoms with Crippen molar-refractivity contribution in [3.05, 3.63) is 57.8 Å². The molecule has 1 aliphatic heterocycles. The number of ether oxygens (including phenoxy) is 1. The van der Waals surface area contributed by atoms with Gasteiger partial charge >= 0.3 is 5.56 Å². The molecule has 0 bridgehead atoms. The number of nitrogens with zero attached hydrogens (tertiary/aromatic N) is 3. The number of amides is 1. The van der Waals surface area contributed by atoms with Crippen molar-refractivity contribution in [1.82, 2.24) is 14.5 Å². The largest absolute Gasteiger partial charge is 0.501 e. The fourth-order valence-electron chi connectivity index (χ4n) is 4.88. The van der Waals surface area contributed by atoms with Crippen LogP contribution < -0.4 is 5.56 Å². The number of aromatic hydroxyl groups is 1. The zero-order chi connectivity index (χ0) is 20.6. The van der Waals surface area contributed by atoms with E-state index in [1.165, 1.54) is 10.5 Å². The standard InChI is InChI=1S/C22H27N3O4/c1-24-17(29-2)14-25-16(23-20(27)19(26)18(25)21(24)28)13-22(11-7-8-12-22)15-9-5-3-4-6-10-15/h3-6,9,17,26H,7-8,10-14H2,1-2H3. The van der Waals surface area contributed by atoms with Crippen LogP contribution in [0.1, 0.15) is 48.4 Å². The average molecular weight is 397 g/mol. The van der Waals surface area contributed by atoms with Gasteiger partial charge < -0.3 is 19.3 Å². The first kappa shape index (κ1) is 19.6. The predicted octanol–water partition coefficient (Wildman–Crippen LogP) is 2.55. The Morgan fingerprint density at radius 2 is 2.00 bits per heavy atom. The van der Waals surface area contributed by atoms with Gasteiger partial charge in [-0.25, -0.2) is 0 Å². The molecule has 0 spiro atoms. The van der Waals surface area contributed by atoms with E-state index in [2.05, 4.69) is 29.3 Å². The van der Waals surface area contributed by atoms with Crippen LogP contribution in [0.2, 0.25) is 0 Å². The van der Waals surface area contributed by atoms with E-state index >= 15 is 0 Å². The maximum atomic E-state index is 12.8. The van der Waals surface area contributed by atoms with E-state index < -0.39 is 23.4 Å². The summed E-state index contributed by atoms with van der Waals surface area (Å²) in [5, 5.41) is 10.3. The van der Waals surface area contributed by atoms with Crippen molar-refractivity contribution >= 4 is 5.91 Å². The highest BCUT2D eigenvalue weighted by atomic mass is 16.5. The van der Waals surface area contributed by atoms with Crippen molar-refractivity contribution in [3.8, 4) is 5.75 Å². The summed E-state index contributed by atoms with van der Waals surface area (Å²) in [6.45, 7) is 0.333. The first-order chi connectivity index (χ1) is 14.0. The van der Waals surface area contributed by atoms with Crippen molar-refractivity contribution in [2.24, 2.45) is 5.41 Å². The fourth-order valence-corrected chi connectivity index (χ4v) is 4.88. The number of carbonyl (C=O) groups is 1. The number of aromatic nitrogens is 2. The normalized spacial score (nSPS) is 23.1. The zero-order valence-corrected chi connectivity index (χ0v) is 16.9. The minimum Gasteiger partial charge on any atom is -0.501 e.